The highest BCUT2D eigenvalue weighted by Gasteiger charge is 2.35. The lowest BCUT2D eigenvalue weighted by Crippen LogP contribution is -2.05. The van der Waals surface area contributed by atoms with E-state index in [0.29, 0.717) is 5.92 Å². The van der Waals surface area contributed by atoms with Gasteiger partial charge in [0.2, 0.25) is 0 Å². The molecule has 52 valence electrons. The van der Waals surface area contributed by atoms with Gasteiger partial charge in [-0.15, -0.1) is 0 Å². The van der Waals surface area contributed by atoms with Crippen LogP contribution in [0, 0.1) is 0 Å². The molecule has 0 saturated heterocycles. The van der Waals surface area contributed by atoms with Crippen LogP contribution in [-0.4, -0.2) is 19.9 Å². The normalized spacial score (nSPS) is 23.1. The summed E-state index contributed by atoms with van der Waals surface area (Å²) in [6.07, 6.45) is 1.02. The molecule has 0 radical (unpaired) electrons. The molecule has 0 saturated carbocycles. The van der Waals surface area contributed by atoms with E-state index in [1.807, 2.05) is 0 Å². The van der Waals surface area contributed by atoms with Crippen LogP contribution in [0.2, 0.25) is 0 Å². The van der Waals surface area contributed by atoms with Crippen LogP contribution in [0.3, 0.4) is 0 Å². The Labute approximate surface area is 61.7 Å². The zero-order valence-electron chi connectivity index (χ0n) is 5.63. The van der Waals surface area contributed by atoms with Crippen LogP contribution in [0.1, 0.15) is 23.3 Å². The van der Waals surface area contributed by atoms with Crippen molar-refractivity contribution in [2.24, 2.45) is 0 Å². The third-order valence-corrected chi connectivity index (χ3v) is 2.50. The third kappa shape index (κ3) is 0.307. The predicted octanol–water partition coefficient (Wildman–Crippen LogP) is 0.354. The molecule has 0 fully saturated rings. The minimum atomic E-state index is 0.361. The van der Waals surface area contributed by atoms with Crippen molar-refractivity contribution >= 4 is 11.2 Å². The van der Waals surface area contributed by atoms with Crippen LogP contribution in [0.5, 0.6) is 0 Å². The lowest BCUT2D eigenvalue weighted by molar-refractivity contribution is 0.745. The SMILES string of the molecule is C1c2nc3nc4nc([nH]c24)C13. The van der Waals surface area contributed by atoms with E-state index in [-0.39, 0.29) is 0 Å². The number of hydrogen-bond donors (Lipinski definition) is 1. The first-order valence-electron chi connectivity index (χ1n) is 3.68. The Hall–Kier alpha value is -1.45. The van der Waals surface area contributed by atoms with Crippen molar-refractivity contribution in [2.75, 3.05) is 0 Å². The molecule has 1 N–H and O–H groups in total. The molecule has 1 atom stereocenters. The monoisotopic (exact) mass is 144 g/mol. The maximum atomic E-state index is 4.36. The molecular formula is C7H4N4. The van der Waals surface area contributed by atoms with Crippen LogP contribution < -0.4 is 0 Å². The Bertz CT molecular complexity index is 482. The van der Waals surface area contributed by atoms with Crippen molar-refractivity contribution in [1.82, 2.24) is 19.9 Å². The second-order valence-electron chi connectivity index (χ2n) is 3.11. The second kappa shape index (κ2) is 1.05. The molecule has 0 amide bonds. The van der Waals surface area contributed by atoms with Gasteiger partial charge in [-0.2, -0.15) is 0 Å². The molecule has 6 bridgehead atoms. The highest BCUT2D eigenvalue weighted by Crippen LogP contribution is 2.38. The quantitative estimate of drug-likeness (QED) is 0.580. The first-order valence-corrected chi connectivity index (χ1v) is 3.68. The van der Waals surface area contributed by atoms with E-state index >= 15 is 0 Å². The van der Waals surface area contributed by atoms with E-state index in [1.165, 1.54) is 0 Å². The molecule has 5 rings (SSSR count). The van der Waals surface area contributed by atoms with E-state index in [0.717, 1.165) is 34.9 Å². The summed E-state index contributed by atoms with van der Waals surface area (Å²) in [5.41, 5.74) is 3.06. The maximum Gasteiger partial charge on any atom is 0.181 e. The van der Waals surface area contributed by atoms with Gasteiger partial charge in [0.1, 0.15) is 17.2 Å². The van der Waals surface area contributed by atoms with E-state index in [9.17, 15) is 0 Å². The zero-order chi connectivity index (χ0) is 7.00. The zero-order valence-corrected chi connectivity index (χ0v) is 5.63. The summed E-state index contributed by atoms with van der Waals surface area (Å²) in [6, 6.07) is 0. The molecule has 4 heteroatoms. The Kier molecular flexibility index (Phi) is 0.423. The van der Waals surface area contributed by atoms with E-state index in [2.05, 4.69) is 19.9 Å². The van der Waals surface area contributed by atoms with Gasteiger partial charge in [-0.1, -0.05) is 0 Å². The van der Waals surface area contributed by atoms with Crippen LogP contribution in [0.25, 0.3) is 11.2 Å². The molecule has 0 spiro atoms. The fraction of sp³-hybridized carbons (Fsp3) is 0.286. The topological polar surface area (TPSA) is 54.5 Å². The molecule has 5 heterocycles. The van der Waals surface area contributed by atoms with Crippen molar-refractivity contribution in [3.05, 3.63) is 17.3 Å². The van der Waals surface area contributed by atoms with Crippen molar-refractivity contribution in [1.29, 1.82) is 0 Å². The fourth-order valence-corrected chi connectivity index (χ4v) is 1.96. The predicted molar refractivity (Wildman–Crippen MR) is 37.2 cm³/mol. The van der Waals surface area contributed by atoms with Crippen molar-refractivity contribution in [3.8, 4) is 0 Å². The fourth-order valence-electron chi connectivity index (χ4n) is 1.96. The van der Waals surface area contributed by atoms with Crippen LogP contribution in [-0.2, 0) is 6.42 Å². The number of hydrogen-bond acceptors (Lipinski definition) is 3. The number of nitrogens with one attached hydrogen (secondary N) is 1. The minimum absolute atomic E-state index is 0.361. The smallest absolute Gasteiger partial charge is 0.181 e. The number of imidazole rings is 1. The molecular weight excluding hydrogens is 140 g/mol. The molecule has 11 heavy (non-hydrogen) atoms. The highest BCUT2D eigenvalue weighted by molar-refractivity contribution is 5.77. The second-order valence-corrected chi connectivity index (χ2v) is 3.11. The van der Waals surface area contributed by atoms with Gasteiger partial charge < -0.3 is 4.98 Å². The van der Waals surface area contributed by atoms with Gasteiger partial charge in [0.15, 0.2) is 5.65 Å². The summed E-state index contributed by atoms with van der Waals surface area (Å²) in [5.74, 6) is 2.39. The van der Waals surface area contributed by atoms with Crippen LogP contribution in [0.15, 0.2) is 0 Å². The van der Waals surface area contributed by atoms with E-state index in [1.54, 1.807) is 0 Å². The lowest BCUT2D eigenvalue weighted by atomic mass is 10.0. The van der Waals surface area contributed by atoms with Gasteiger partial charge in [-0.3, -0.25) is 0 Å². The third-order valence-electron chi connectivity index (χ3n) is 2.50. The first-order chi connectivity index (χ1) is 5.42. The van der Waals surface area contributed by atoms with Crippen LogP contribution in [0.4, 0.5) is 0 Å². The van der Waals surface area contributed by atoms with E-state index < -0.39 is 0 Å². The molecule has 3 aliphatic rings. The summed E-state index contributed by atoms with van der Waals surface area (Å²) in [6.45, 7) is 0. The van der Waals surface area contributed by atoms with Gasteiger partial charge in [-0.25, -0.2) is 15.0 Å². The number of H-pyrrole nitrogens is 1. The summed E-state index contributed by atoms with van der Waals surface area (Å²) in [7, 11) is 0. The number of aromatic nitrogens is 4. The Morgan fingerprint density at radius 1 is 1.27 bits per heavy atom. The Morgan fingerprint density at radius 2 is 2.27 bits per heavy atom. The van der Waals surface area contributed by atoms with Crippen molar-refractivity contribution in [2.45, 2.75) is 12.3 Å². The summed E-state index contributed by atoms with van der Waals surface area (Å²) in [4.78, 5) is 16.2. The van der Waals surface area contributed by atoms with Crippen molar-refractivity contribution in [3.63, 3.8) is 0 Å². The number of rotatable bonds is 0. The minimum Gasteiger partial charge on any atom is -0.338 e. The molecule has 0 aliphatic carbocycles. The van der Waals surface area contributed by atoms with Gasteiger partial charge in [-0.05, 0) is 0 Å². The summed E-state index contributed by atoms with van der Waals surface area (Å²) < 4.78 is 0. The van der Waals surface area contributed by atoms with Gasteiger partial charge in [0, 0.05) is 6.42 Å². The summed E-state index contributed by atoms with van der Waals surface area (Å²) >= 11 is 0. The number of aromatic amines is 1. The average molecular weight is 144 g/mol. The van der Waals surface area contributed by atoms with Gasteiger partial charge in [0.05, 0.1) is 11.6 Å². The molecule has 1 unspecified atom stereocenters. The van der Waals surface area contributed by atoms with E-state index in [4.69, 9.17) is 0 Å². The van der Waals surface area contributed by atoms with Crippen molar-refractivity contribution < 1.29 is 0 Å². The summed E-state index contributed by atoms with van der Waals surface area (Å²) in [5, 5.41) is 0. The Morgan fingerprint density at radius 3 is 3.27 bits per heavy atom. The van der Waals surface area contributed by atoms with Crippen LogP contribution >= 0.6 is 0 Å². The largest absolute Gasteiger partial charge is 0.338 e. The van der Waals surface area contributed by atoms with Gasteiger partial charge >= 0.3 is 0 Å². The molecule has 4 nitrogen and oxygen atoms in total. The average Bonchev–Trinajstić information content (AvgIpc) is 2.48. The number of nitrogens with zero attached hydrogens (tertiary/aromatic N) is 3. The molecule has 0 aromatic carbocycles. The standard InChI is InChI=1S/C7H4N4/c1-2-5-8-3(1)4-7(10-5)11-6(2)9-4/h2H,1H2,(H,8,9,10,11). The molecule has 3 aliphatic heterocycles. The first kappa shape index (κ1) is 4.43. The van der Waals surface area contributed by atoms with Gasteiger partial charge in [0.25, 0.3) is 0 Å². The maximum absolute atomic E-state index is 4.36. The highest BCUT2D eigenvalue weighted by atomic mass is 15.1. The molecule has 2 aromatic heterocycles. The molecule has 2 aromatic rings. The Balaban J connectivity index is 2.53. The lowest BCUT2D eigenvalue weighted by Gasteiger charge is -2.05.